The second kappa shape index (κ2) is 13.6. The first-order chi connectivity index (χ1) is 14.2. The molecule has 1 aromatic carbocycles. The van der Waals surface area contributed by atoms with Crippen LogP contribution >= 0.6 is 24.0 Å². The molecule has 0 radical (unpaired) electrons. The highest BCUT2D eigenvalue weighted by Crippen LogP contribution is 2.24. The lowest BCUT2D eigenvalue weighted by Gasteiger charge is -2.32. The van der Waals surface area contributed by atoms with Crippen LogP contribution in [0.4, 0.5) is 18.9 Å². The predicted octanol–water partition coefficient (Wildman–Crippen LogP) is 3.17. The summed E-state index contributed by atoms with van der Waals surface area (Å²) >= 11 is 0. The minimum Gasteiger partial charge on any atom is -0.508 e. The summed E-state index contributed by atoms with van der Waals surface area (Å²) in [6, 6.07) is 6.16. The van der Waals surface area contributed by atoms with Crippen LogP contribution in [0.2, 0.25) is 0 Å². The number of aromatic hydroxyl groups is 1. The van der Waals surface area contributed by atoms with Crippen molar-refractivity contribution < 1.29 is 23.1 Å². The van der Waals surface area contributed by atoms with Crippen LogP contribution in [-0.4, -0.2) is 67.3 Å². The summed E-state index contributed by atoms with van der Waals surface area (Å²) in [5.41, 5.74) is 0.572. The number of benzene rings is 1. The van der Waals surface area contributed by atoms with Crippen molar-refractivity contribution >= 4 is 41.5 Å². The third-order valence-corrected chi connectivity index (χ3v) is 4.83. The number of piperidine rings is 1. The van der Waals surface area contributed by atoms with E-state index in [1.54, 1.807) is 12.1 Å². The van der Waals surface area contributed by atoms with Gasteiger partial charge in [-0.2, -0.15) is 13.2 Å². The van der Waals surface area contributed by atoms with Gasteiger partial charge in [0.15, 0.2) is 5.96 Å². The van der Waals surface area contributed by atoms with Crippen molar-refractivity contribution in [1.82, 2.24) is 15.5 Å². The fourth-order valence-electron chi connectivity index (χ4n) is 3.32. The van der Waals surface area contributed by atoms with Gasteiger partial charge in [-0.3, -0.25) is 9.69 Å². The van der Waals surface area contributed by atoms with Crippen LogP contribution in [0.25, 0.3) is 0 Å². The number of likely N-dealkylation sites (tertiary alicyclic amines) is 1. The molecule has 0 atom stereocenters. The fourth-order valence-corrected chi connectivity index (χ4v) is 3.32. The van der Waals surface area contributed by atoms with Gasteiger partial charge in [-0.15, -0.1) is 24.0 Å². The van der Waals surface area contributed by atoms with Crippen molar-refractivity contribution in [3.8, 4) is 5.75 Å². The van der Waals surface area contributed by atoms with Gasteiger partial charge in [-0.05, 0) is 69.5 Å². The maximum Gasteiger partial charge on any atom is 0.401 e. The number of carbonyl (C=O) groups is 1. The number of anilines is 1. The van der Waals surface area contributed by atoms with Crippen LogP contribution < -0.4 is 16.0 Å². The molecule has 0 aliphatic carbocycles. The number of carbonyl (C=O) groups excluding carboxylic acids is 1. The van der Waals surface area contributed by atoms with Crippen molar-refractivity contribution in [2.24, 2.45) is 10.9 Å². The molecular weight excluding hydrogens is 526 g/mol. The van der Waals surface area contributed by atoms with Gasteiger partial charge in [-0.25, -0.2) is 4.99 Å². The normalized spacial score (nSPS) is 15.8. The summed E-state index contributed by atoms with van der Waals surface area (Å²) in [6.07, 6.45) is -1.80. The van der Waals surface area contributed by atoms with Gasteiger partial charge >= 0.3 is 6.18 Å². The number of amides is 1. The van der Waals surface area contributed by atoms with Gasteiger partial charge in [0.25, 0.3) is 0 Å². The lowest BCUT2D eigenvalue weighted by molar-refractivity contribution is -0.148. The van der Waals surface area contributed by atoms with Crippen LogP contribution in [0.3, 0.4) is 0 Å². The van der Waals surface area contributed by atoms with E-state index in [4.69, 9.17) is 0 Å². The summed E-state index contributed by atoms with van der Waals surface area (Å²) in [4.78, 5) is 17.8. The maximum atomic E-state index is 12.5. The highest BCUT2D eigenvalue weighted by Gasteiger charge is 2.32. The van der Waals surface area contributed by atoms with Crippen molar-refractivity contribution in [3.63, 3.8) is 0 Å². The zero-order valence-corrected chi connectivity index (χ0v) is 19.9. The maximum absolute atomic E-state index is 12.5. The molecule has 0 aromatic heterocycles. The predicted molar refractivity (Wildman–Crippen MR) is 126 cm³/mol. The lowest BCUT2D eigenvalue weighted by atomic mass is 9.93. The third kappa shape index (κ3) is 11.4. The molecule has 7 nitrogen and oxygen atoms in total. The number of hydrogen-bond acceptors (Lipinski definition) is 4. The Morgan fingerprint density at radius 2 is 1.84 bits per heavy atom. The highest BCUT2D eigenvalue weighted by molar-refractivity contribution is 14.0. The first-order valence-corrected chi connectivity index (χ1v) is 10.2. The second-order valence-corrected chi connectivity index (χ2v) is 7.34. The fraction of sp³-hybridized carbons (Fsp3) is 0.600. The van der Waals surface area contributed by atoms with Gasteiger partial charge in [0, 0.05) is 18.8 Å². The highest BCUT2D eigenvalue weighted by atomic mass is 127. The summed E-state index contributed by atoms with van der Waals surface area (Å²) in [7, 11) is 0. The summed E-state index contributed by atoms with van der Waals surface area (Å²) in [5, 5.41) is 18.2. The van der Waals surface area contributed by atoms with Gasteiger partial charge in [0.2, 0.25) is 5.91 Å². The second-order valence-electron chi connectivity index (χ2n) is 7.34. The Morgan fingerprint density at radius 3 is 2.42 bits per heavy atom. The molecule has 1 fully saturated rings. The largest absolute Gasteiger partial charge is 0.508 e. The Kier molecular flexibility index (Phi) is 12.0. The Morgan fingerprint density at radius 1 is 1.19 bits per heavy atom. The van der Waals surface area contributed by atoms with E-state index in [0.29, 0.717) is 43.7 Å². The zero-order chi connectivity index (χ0) is 22.0. The standard InChI is InChI=1S/C20H30F3N5O2.HI/c1-2-24-19(26-13-18(30)27-16-3-5-17(29)6-4-16)25-10-7-15-8-11-28(12-9-15)14-20(21,22)23;/h3-6,15,29H,2,7-14H2,1H3,(H,27,30)(H2,24,25,26);1H. The monoisotopic (exact) mass is 557 g/mol. The number of nitrogens with zero attached hydrogens (tertiary/aromatic N) is 2. The SMILES string of the molecule is CCNC(=NCC(=O)Nc1ccc(O)cc1)NCCC1CCN(CC(F)(F)F)CC1.I. The number of guanidine groups is 1. The molecular formula is C20H31F3IN5O2. The van der Waals surface area contributed by atoms with E-state index >= 15 is 0 Å². The number of phenolic OH excluding ortho intramolecular Hbond substituents is 1. The molecule has 1 aliphatic heterocycles. The molecule has 11 heteroatoms. The van der Waals surface area contributed by atoms with Gasteiger partial charge in [0.1, 0.15) is 12.3 Å². The molecule has 1 heterocycles. The van der Waals surface area contributed by atoms with E-state index in [2.05, 4.69) is 20.9 Å². The quantitative estimate of drug-likeness (QED) is 0.171. The van der Waals surface area contributed by atoms with Crippen LogP contribution in [0, 0.1) is 5.92 Å². The minimum atomic E-state index is -4.14. The molecule has 4 N–H and O–H groups in total. The molecule has 31 heavy (non-hydrogen) atoms. The Balaban J connectivity index is 0.00000480. The van der Waals surface area contributed by atoms with Crippen molar-refractivity contribution in [1.29, 1.82) is 0 Å². The van der Waals surface area contributed by atoms with Gasteiger partial charge in [0.05, 0.1) is 6.54 Å². The Hall–Kier alpha value is -1.76. The average Bonchev–Trinajstić information content (AvgIpc) is 2.68. The average molecular weight is 557 g/mol. The van der Waals surface area contributed by atoms with Crippen LogP contribution in [0.5, 0.6) is 5.75 Å². The number of hydrogen-bond donors (Lipinski definition) is 4. The van der Waals surface area contributed by atoms with E-state index in [-0.39, 0.29) is 42.2 Å². The van der Waals surface area contributed by atoms with Crippen LogP contribution in [0.15, 0.2) is 29.3 Å². The number of phenols is 1. The van der Waals surface area contributed by atoms with Crippen molar-refractivity contribution in [2.75, 3.05) is 44.6 Å². The Labute approximate surface area is 197 Å². The minimum absolute atomic E-state index is 0. The van der Waals surface area contributed by atoms with Crippen LogP contribution in [-0.2, 0) is 4.79 Å². The Bertz CT molecular complexity index is 693. The van der Waals surface area contributed by atoms with Gasteiger partial charge in [-0.1, -0.05) is 0 Å². The number of halogens is 4. The van der Waals surface area contributed by atoms with Crippen molar-refractivity contribution in [2.45, 2.75) is 32.4 Å². The zero-order valence-electron chi connectivity index (χ0n) is 17.5. The smallest absolute Gasteiger partial charge is 0.401 e. The molecule has 176 valence electrons. The topological polar surface area (TPSA) is 89.0 Å². The molecule has 2 rings (SSSR count). The van der Waals surface area contributed by atoms with E-state index < -0.39 is 12.7 Å². The molecule has 1 aromatic rings. The summed E-state index contributed by atoms with van der Waals surface area (Å²) in [5.74, 6) is 0.737. The van der Waals surface area contributed by atoms with E-state index in [9.17, 15) is 23.1 Å². The number of nitrogens with one attached hydrogen (secondary N) is 3. The molecule has 0 unspecified atom stereocenters. The number of aliphatic imine (C=N–C) groups is 1. The molecule has 0 saturated carbocycles. The summed E-state index contributed by atoms with van der Waals surface area (Å²) < 4.78 is 37.4. The molecule has 1 saturated heterocycles. The van der Waals surface area contributed by atoms with E-state index in [1.165, 1.54) is 17.0 Å². The first kappa shape index (κ1) is 27.3. The van der Waals surface area contributed by atoms with E-state index in [0.717, 1.165) is 19.3 Å². The van der Waals surface area contributed by atoms with Crippen LogP contribution in [0.1, 0.15) is 26.2 Å². The van der Waals surface area contributed by atoms with Crippen molar-refractivity contribution in [3.05, 3.63) is 24.3 Å². The molecule has 0 spiro atoms. The first-order valence-electron chi connectivity index (χ1n) is 10.2. The van der Waals surface area contributed by atoms with E-state index in [1.807, 2.05) is 6.92 Å². The lowest BCUT2D eigenvalue weighted by Crippen LogP contribution is -2.41. The molecule has 1 amide bonds. The molecule has 0 bridgehead atoms. The summed E-state index contributed by atoms with van der Waals surface area (Å²) in [6.45, 7) is 3.24. The number of alkyl halides is 3. The number of rotatable bonds is 8. The third-order valence-electron chi connectivity index (χ3n) is 4.83. The molecule has 1 aliphatic rings. The van der Waals surface area contributed by atoms with Gasteiger partial charge < -0.3 is 21.1 Å².